The van der Waals surface area contributed by atoms with Crippen molar-refractivity contribution in [2.24, 2.45) is 0 Å². The number of hydrogen-bond donors (Lipinski definition) is 2. The summed E-state index contributed by atoms with van der Waals surface area (Å²) in [6.07, 6.45) is 4.90. The molecule has 2 aliphatic heterocycles. The molecule has 192 valence electrons. The molecule has 2 unspecified atom stereocenters. The number of phenolic OH excluding ortho intramolecular Hbond substituents is 1. The van der Waals surface area contributed by atoms with E-state index in [2.05, 4.69) is 14.9 Å². The lowest BCUT2D eigenvalue weighted by Crippen LogP contribution is -2.45. The van der Waals surface area contributed by atoms with Gasteiger partial charge in [-0.2, -0.15) is 0 Å². The molecule has 2 N–H and O–H groups in total. The lowest BCUT2D eigenvalue weighted by Gasteiger charge is -2.38. The third-order valence-electron chi connectivity index (χ3n) is 7.91. The molecule has 2 aromatic carbocycles. The van der Waals surface area contributed by atoms with Gasteiger partial charge in [-0.25, -0.2) is 18.7 Å². The topological polar surface area (TPSA) is 82.4 Å². The van der Waals surface area contributed by atoms with Gasteiger partial charge in [0.2, 0.25) is 0 Å². The Labute approximate surface area is 214 Å². The van der Waals surface area contributed by atoms with Gasteiger partial charge in [-0.05, 0) is 66.6 Å². The van der Waals surface area contributed by atoms with Crippen molar-refractivity contribution in [3.63, 3.8) is 0 Å². The number of piperidine rings is 1. The highest BCUT2D eigenvalue weighted by atomic mass is 19.1. The summed E-state index contributed by atoms with van der Waals surface area (Å²) >= 11 is 0. The number of aromatic hydroxyl groups is 1. The summed E-state index contributed by atoms with van der Waals surface area (Å²) in [4.78, 5) is 16.3. The summed E-state index contributed by atoms with van der Waals surface area (Å²) in [5.74, 6) is 0.113. The lowest BCUT2D eigenvalue weighted by atomic mass is 9.94. The average molecular weight is 505 g/mol. The average Bonchev–Trinajstić information content (AvgIpc) is 3.13. The number of benzene rings is 2. The third kappa shape index (κ3) is 3.81. The van der Waals surface area contributed by atoms with Gasteiger partial charge in [-0.3, -0.25) is 4.98 Å². The number of hydrogen-bond acceptors (Lipinski definition) is 6. The van der Waals surface area contributed by atoms with E-state index in [1.165, 1.54) is 12.1 Å². The Morgan fingerprint density at radius 2 is 1.81 bits per heavy atom. The first kappa shape index (κ1) is 24.0. The molecule has 6 nitrogen and oxygen atoms in total. The van der Waals surface area contributed by atoms with Crippen molar-refractivity contribution in [1.29, 1.82) is 0 Å². The fourth-order valence-electron chi connectivity index (χ4n) is 6.23. The highest BCUT2D eigenvalue weighted by Crippen LogP contribution is 2.43. The summed E-state index contributed by atoms with van der Waals surface area (Å²) in [5.41, 5.74) is 0.960. The van der Waals surface area contributed by atoms with Crippen molar-refractivity contribution in [3.05, 3.63) is 53.5 Å². The molecule has 37 heavy (non-hydrogen) atoms. The Bertz CT molecular complexity index is 1530. The Kier molecular flexibility index (Phi) is 5.75. The summed E-state index contributed by atoms with van der Waals surface area (Å²) < 4.78 is 31.2. The van der Waals surface area contributed by atoms with Crippen molar-refractivity contribution in [2.75, 3.05) is 4.90 Å². The molecule has 2 atom stereocenters. The lowest BCUT2D eigenvalue weighted by molar-refractivity contribution is 0.126. The van der Waals surface area contributed by atoms with E-state index in [1.807, 2.05) is 20.8 Å². The van der Waals surface area contributed by atoms with E-state index < -0.39 is 5.82 Å². The molecule has 2 saturated heterocycles. The van der Waals surface area contributed by atoms with Crippen LogP contribution in [0.15, 0.2) is 30.5 Å². The molecular weight excluding hydrogens is 474 g/mol. The maximum absolute atomic E-state index is 16.4. The zero-order valence-corrected chi connectivity index (χ0v) is 21.2. The molecule has 0 amide bonds. The smallest absolute Gasteiger partial charge is 0.175 e. The van der Waals surface area contributed by atoms with Crippen LogP contribution in [0.1, 0.15) is 63.8 Å². The molecule has 2 aromatic heterocycles. The highest BCUT2D eigenvalue weighted by molar-refractivity contribution is 6.01. The minimum atomic E-state index is -0.620. The number of phenols is 1. The molecule has 6 rings (SSSR count). The Hall–Kier alpha value is -3.39. The van der Waals surface area contributed by atoms with Gasteiger partial charge in [-0.15, -0.1) is 0 Å². The zero-order valence-electron chi connectivity index (χ0n) is 21.2. The molecular formula is C29H30F2N4O2. The van der Waals surface area contributed by atoms with Crippen molar-refractivity contribution in [2.45, 2.75) is 77.0 Å². The number of pyridine rings is 1. The number of anilines is 1. The van der Waals surface area contributed by atoms with Gasteiger partial charge in [-0.1, -0.05) is 26.8 Å². The third-order valence-corrected chi connectivity index (χ3v) is 7.91. The number of aryl methyl sites for hydroxylation is 1. The van der Waals surface area contributed by atoms with Crippen molar-refractivity contribution >= 4 is 27.5 Å². The zero-order chi connectivity index (χ0) is 26.0. The van der Waals surface area contributed by atoms with Gasteiger partial charge in [0.05, 0.1) is 11.5 Å². The first-order valence-electron chi connectivity index (χ1n) is 13.0. The molecule has 2 bridgehead atoms. The maximum atomic E-state index is 16.4. The number of fused-ring (bicyclic) bond motifs is 4. The Morgan fingerprint density at radius 1 is 1.08 bits per heavy atom. The van der Waals surface area contributed by atoms with Crippen LogP contribution in [0.4, 0.5) is 14.6 Å². The van der Waals surface area contributed by atoms with E-state index in [-0.39, 0.29) is 46.9 Å². The molecule has 2 aliphatic rings. The first-order chi connectivity index (χ1) is 17.8. The van der Waals surface area contributed by atoms with Crippen LogP contribution in [-0.4, -0.2) is 43.4 Å². The predicted molar refractivity (Wildman–Crippen MR) is 140 cm³/mol. The number of aliphatic hydroxyl groups excluding tert-OH is 1. The number of aromatic nitrogens is 3. The highest BCUT2D eigenvalue weighted by Gasteiger charge is 2.42. The van der Waals surface area contributed by atoms with Crippen LogP contribution >= 0.6 is 0 Å². The Morgan fingerprint density at radius 3 is 2.49 bits per heavy atom. The van der Waals surface area contributed by atoms with Crippen molar-refractivity contribution in [3.8, 4) is 17.0 Å². The van der Waals surface area contributed by atoms with E-state index in [0.29, 0.717) is 58.2 Å². The minimum absolute atomic E-state index is 0.0186. The van der Waals surface area contributed by atoms with Crippen molar-refractivity contribution in [1.82, 2.24) is 15.0 Å². The van der Waals surface area contributed by atoms with Gasteiger partial charge < -0.3 is 15.1 Å². The first-order valence-corrected chi connectivity index (χ1v) is 13.0. The largest absolute Gasteiger partial charge is 0.508 e. The minimum Gasteiger partial charge on any atom is -0.508 e. The summed E-state index contributed by atoms with van der Waals surface area (Å²) in [6.45, 7) is 5.79. The molecule has 0 saturated carbocycles. The summed E-state index contributed by atoms with van der Waals surface area (Å²) in [7, 11) is 0. The quantitative estimate of drug-likeness (QED) is 0.354. The fourth-order valence-corrected chi connectivity index (χ4v) is 6.23. The van der Waals surface area contributed by atoms with Gasteiger partial charge >= 0.3 is 0 Å². The molecule has 2 fully saturated rings. The predicted octanol–water partition coefficient (Wildman–Crippen LogP) is 6.01. The van der Waals surface area contributed by atoms with E-state index in [9.17, 15) is 14.6 Å². The van der Waals surface area contributed by atoms with E-state index in [0.717, 1.165) is 12.8 Å². The van der Waals surface area contributed by atoms with Gasteiger partial charge in [0.1, 0.15) is 34.4 Å². The summed E-state index contributed by atoms with van der Waals surface area (Å²) in [5, 5.41) is 22.4. The molecule has 0 aliphatic carbocycles. The fraction of sp³-hybridized carbons (Fsp3) is 0.414. The van der Waals surface area contributed by atoms with Gasteiger partial charge in [0.15, 0.2) is 5.82 Å². The van der Waals surface area contributed by atoms with Crippen LogP contribution in [0, 0.1) is 11.6 Å². The number of halogens is 2. The monoisotopic (exact) mass is 504 g/mol. The second kappa shape index (κ2) is 8.87. The molecule has 4 aromatic rings. The van der Waals surface area contributed by atoms with Gasteiger partial charge in [0, 0.05) is 29.8 Å². The number of rotatable bonds is 4. The van der Waals surface area contributed by atoms with E-state index in [1.54, 1.807) is 18.3 Å². The standard InChI is InChI=1S/C29H30F2N4O2/c1-4-20-23(30)8-5-15-9-18(36)12-21(24(15)20)26-25(31)27-22(13-32-26)29(34-28(33-27)14(2)3)35-16-6-7-17(35)11-19(37)10-16/h5,8-9,12-14,16-17,19,36-37H,4,6-7,10-11H2,1-3H3. The Balaban J connectivity index is 1.61. The second-order valence-corrected chi connectivity index (χ2v) is 10.6. The molecule has 8 heteroatoms. The number of aliphatic hydroxyl groups is 1. The van der Waals surface area contributed by atoms with Crippen molar-refractivity contribution < 1.29 is 19.0 Å². The summed E-state index contributed by atoms with van der Waals surface area (Å²) in [6, 6.07) is 6.22. The van der Waals surface area contributed by atoms with E-state index in [4.69, 9.17) is 4.98 Å². The van der Waals surface area contributed by atoms with Crippen LogP contribution < -0.4 is 4.90 Å². The van der Waals surface area contributed by atoms with Crippen LogP contribution in [-0.2, 0) is 6.42 Å². The maximum Gasteiger partial charge on any atom is 0.175 e. The van der Waals surface area contributed by atoms with Gasteiger partial charge in [0.25, 0.3) is 0 Å². The van der Waals surface area contributed by atoms with E-state index >= 15 is 4.39 Å². The van der Waals surface area contributed by atoms with Crippen LogP contribution in [0.25, 0.3) is 32.9 Å². The molecule has 0 radical (unpaired) electrons. The normalized spacial score (nSPS) is 21.5. The number of nitrogens with zero attached hydrogens (tertiary/aromatic N) is 4. The van der Waals surface area contributed by atoms with Crippen LogP contribution in [0.3, 0.4) is 0 Å². The van der Waals surface area contributed by atoms with Crippen LogP contribution in [0.2, 0.25) is 0 Å². The SMILES string of the molecule is CCc1c(F)ccc2cc(O)cc(-c3ncc4c(N5C6CCC5CC(O)C6)nc(C(C)C)nc4c3F)c12. The molecule has 0 spiro atoms. The second-order valence-electron chi connectivity index (χ2n) is 10.6. The van der Waals surface area contributed by atoms with Crippen LogP contribution in [0.5, 0.6) is 5.75 Å². The molecule has 4 heterocycles.